The number of hydrogen-bond acceptors (Lipinski definition) is 3. The Hall–Kier alpha value is -1.18. The zero-order chi connectivity index (χ0) is 14.8. The molecule has 1 aliphatic rings. The number of anilines is 1. The fourth-order valence-corrected chi connectivity index (χ4v) is 3.60. The molecular weight excluding hydrogens is 283 g/mol. The molecule has 0 bridgehead atoms. The van der Waals surface area contributed by atoms with Gasteiger partial charge in [-0.05, 0) is 49.4 Å². The fourth-order valence-electron chi connectivity index (χ4n) is 2.28. The second-order valence-electron chi connectivity index (χ2n) is 5.09. The van der Waals surface area contributed by atoms with Gasteiger partial charge in [-0.1, -0.05) is 0 Å². The minimum Gasteiger partial charge on any atom is -0.396 e. The molecule has 0 aromatic heterocycles. The van der Waals surface area contributed by atoms with E-state index in [1.54, 1.807) is 6.92 Å². The summed E-state index contributed by atoms with van der Waals surface area (Å²) >= 11 is 0. The van der Waals surface area contributed by atoms with Gasteiger partial charge in [0.1, 0.15) is 5.82 Å². The van der Waals surface area contributed by atoms with Crippen LogP contribution in [0.3, 0.4) is 0 Å². The summed E-state index contributed by atoms with van der Waals surface area (Å²) in [5.41, 5.74) is 0.925. The van der Waals surface area contributed by atoms with Crippen molar-refractivity contribution in [2.24, 2.45) is 5.92 Å². The van der Waals surface area contributed by atoms with Gasteiger partial charge in [-0.25, -0.2) is 4.39 Å². The molecule has 0 atom stereocenters. The lowest BCUT2D eigenvalue weighted by Gasteiger charge is -2.30. The molecule has 1 heterocycles. The van der Waals surface area contributed by atoms with Crippen LogP contribution in [0.2, 0.25) is 0 Å². The van der Waals surface area contributed by atoms with E-state index in [1.165, 1.54) is 22.5 Å². The van der Waals surface area contributed by atoms with E-state index in [0.29, 0.717) is 37.2 Å². The van der Waals surface area contributed by atoms with Crippen LogP contribution in [0.25, 0.3) is 0 Å². The number of halogens is 1. The Morgan fingerprint density at radius 1 is 1.40 bits per heavy atom. The predicted molar refractivity (Wildman–Crippen MR) is 75.1 cm³/mol. The van der Waals surface area contributed by atoms with Gasteiger partial charge in [0.05, 0.1) is 5.69 Å². The highest BCUT2D eigenvalue weighted by molar-refractivity contribution is 7.90. The number of benzene rings is 1. The quantitative estimate of drug-likeness (QED) is 0.885. The van der Waals surface area contributed by atoms with Crippen LogP contribution in [0.4, 0.5) is 10.1 Å². The summed E-state index contributed by atoms with van der Waals surface area (Å²) in [7, 11) is -3.62. The van der Waals surface area contributed by atoms with Crippen LogP contribution in [0.5, 0.6) is 0 Å². The first-order valence-electron chi connectivity index (χ1n) is 6.57. The van der Waals surface area contributed by atoms with Gasteiger partial charge >= 0.3 is 10.2 Å². The first kappa shape index (κ1) is 15.2. The van der Waals surface area contributed by atoms with Crippen LogP contribution in [0.15, 0.2) is 18.2 Å². The molecule has 1 fully saturated rings. The predicted octanol–water partition coefficient (Wildman–Crippen LogP) is 1.50. The van der Waals surface area contributed by atoms with Crippen molar-refractivity contribution in [1.82, 2.24) is 4.31 Å². The Labute approximate surface area is 118 Å². The molecule has 1 aromatic carbocycles. The standard InChI is InChI=1S/C13H19FN2O3S/c1-10-8-12(14)2-3-13(10)15-20(18,19)16-6-4-11(9-17)5-7-16/h2-3,8,11,15,17H,4-7,9H2,1H3. The van der Waals surface area contributed by atoms with Crippen LogP contribution in [0.1, 0.15) is 18.4 Å². The molecular formula is C13H19FN2O3S. The molecule has 2 rings (SSSR count). The third-order valence-corrected chi connectivity index (χ3v) is 5.12. The second kappa shape index (κ2) is 6.07. The van der Waals surface area contributed by atoms with E-state index in [4.69, 9.17) is 5.11 Å². The van der Waals surface area contributed by atoms with E-state index in [1.807, 2.05) is 0 Å². The van der Waals surface area contributed by atoms with Gasteiger partial charge in [0.15, 0.2) is 0 Å². The normalized spacial score (nSPS) is 18.1. The van der Waals surface area contributed by atoms with Crippen molar-refractivity contribution in [3.63, 3.8) is 0 Å². The second-order valence-corrected chi connectivity index (χ2v) is 6.76. The molecule has 0 spiro atoms. The number of aliphatic hydroxyl groups is 1. The zero-order valence-corrected chi connectivity index (χ0v) is 12.2. The summed E-state index contributed by atoms with van der Waals surface area (Å²) in [6.45, 7) is 2.53. The monoisotopic (exact) mass is 302 g/mol. The highest BCUT2D eigenvalue weighted by Crippen LogP contribution is 2.22. The van der Waals surface area contributed by atoms with E-state index in [2.05, 4.69) is 4.72 Å². The summed E-state index contributed by atoms with van der Waals surface area (Å²) in [6, 6.07) is 3.93. The summed E-state index contributed by atoms with van der Waals surface area (Å²) < 4.78 is 41.3. The van der Waals surface area contributed by atoms with Gasteiger partial charge in [0.25, 0.3) is 0 Å². The molecule has 1 aromatic rings. The Kier molecular flexibility index (Phi) is 4.62. The molecule has 112 valence electrons. The largest absolute Gasteiger partial charge is 0.396 e. The lowest BCUT2D eigenvalue weighted by Crippen LogP contribution is -2.42. The van der Waals surface area contributed by atoms with Crippen molar-refractivity contribution >= 4 is 15.9 Å². The minimum atomic E-state index is -3.62. The summed E-state index contributed by atoms with van der Waals surface area (Å²) in [5, 5.41) is 9.06. The van der Waals surface area contributed by atoms with E-state index in [9.17, 15) is 12.8 Å². The Morgan fingerprint density at radius 3 is 2.60 bits per heavy atom. The average Bonchev–Trinajstić information content (AvgIpc) is 2.42. The molecule has 0 unspecified atom stereocenters. The van der Waals surface area contributed by atoms with Gasteiger partial charge in [0.2, 0.25) is 0 Å². The van der Waals surface area contributed by atoms with Gasteiger partial charge in [-0.2, -0.15) is 12.7 Å². The molecule has 0 saturated carbocycles. The molecule has 5 nitrogen and oxygen atoms in total. The van der Waals surface area contributed by atoms with Gasteiger partial charge in [-0.15, -0.1) is 0 Å². The van der Waals surface area contributed by atoms with E-state index in [0.717, 1.165) is 0 Å². The fraction of sp³-hybridized carbons (Fsp3) is 0.538. The number of piperidine rings is 1. The number of hydrogen-bond donors (Lipinski definition) is 2. The zero-order valence-electron chi connectivity index (χ0n) is 11.3. The van der Waals surface area contributed by atoms with Crippen LogP contribution in [0, 0.1) is 18.7 Å². The minimum absolute atomic E-state index is 0.0956. The van der Waals surface area contributed by atoms with Crippen molar-refractivity contribution in [2.45, 2.75) is 19.8 Å². The smallest absolute Gasteiger partial charge is 0.301 e. The Bertz CT molecular complexity index is 569. The highest BCUT2D eigenvalue weighted by Gasteiger charge is 2.27. The molecule has 7 heteroatoms. The van der Waals surface area contributed by atoms with Gasteiger partial charge in [0, 0.05) is 19.7 Å². The van der Waals surface area contributed by atoms with Crippen molar-refractivity contribution in [3.8, 4) is 0 Å². The Morgan fingerprint density at radius 2 is 2.05 bits per heavy atom. The lowest BCUT2D eigenvalue weighted by molar-refractivity contribution is 0.170. The van der Waals surface area contributed by atoms with Crippen molar-refractivity contribution < 1.29 is 17.9 Å². The summed E-state index contributed by atoms with van der Waals surface area (Å²) in [6.07, 6.45) is 1.31. The molecule has 0 aliphatic carbocycles. The van der Waals surface area contributed by atoms with E-state index < -0.39 is 16.0 Å². The first-order chi connectivity index (χ1) is 9.42. The molecule has 1 aliphatic heterocycles. The molecule has 1 saturated heterocycles. The summed E-state index contributed by atoms with van der Waals surface area (Å²) in [4.78, 5) is 0. The van der Waals surface area contributed by atoms with Crippen molar-refractivity contribution in [2.75, 3.05) is 24.4 Å². The van der Waals surface area contributed by atoms with Crippen LogP contribution in [-0.4, -0.2) is 37.5 Å². The maximum absolute atomic E-state index is 13.0. The van der Waals surface area contributed by atoms with Crippen LogP contribution >= 0.6 is 0 Å². The molecule has 20 heavy (non-hydrogen) atoms. The maximum atomic E-state index is 13.0. The molecule has 0 amide bonds. The Balaban J connectivity index is 2.08. The van der Waals surface area contributed by atoms with Crippen LogP contribution in [-0.2, 0) is 10.2 Å². The molecule has 0 radical (unpaired) electrons. The highest BCUT2D eigenvalue weighted by atomic mass is 32.2. The first-order valence-corrected chi connectivity index (χ1v) is 8.01. The van der Waals surface area contributed by atoms with E-state index >= 15 is 0 Å². The summed E-state index contributed by atoms with van der Waals surface area (Å²) in [5.74, 6) is -0.219. The number of rotatable bonds is 4. The van der Waals surface area contributed by atoms with Crippen LogP contribution < -0.4 is 4.72 Å². The maximum Gasteiger partial charge on any atom is 0.301 e. The lowest BCUT2D eigenvalue weighted by atomic mass is 10.00. The third kappa shape index (κ3) is 3.47. The van der Waals surface area contributed by atoms with Crippen molar-refractivity contribution in [3.05, 3.63) is 29.6 Å². The molecule has 2 N–H and O–H groups in total. The number of aliphatic hydroxyl groups excluding tert-OH is 1. The van der Waals surface area contributed by atoms with Crippen molar-refractivity contribution in [1.29, 1.82) is 0 Å². The van der Waals surface area contributed by atoms with Gasteiger partial charge < -0.3 is 5.11 Å². The topological polar surface area (TPSA) is 69.6 Å². The number of nitrogens with zero attached hydrogens (tertiary/aromatic N) is 1. The SMILES string of the molecule is Cc1cc(F)ccc1NS(=O)(=O)N1CCC(CO)CC1. The van der Waals surface area contributed by atoms with E-state index in [-0.39, 0.29) is 12.5 Å². The third-order valence-electron chi connectivity index (χ3n) is 3.60. The number of nitrogens with one attached hydrogen (secondary N) is 1. The number of aryl methyl sites for hydroxylation is 1. The van der Waals surface area contributed by atoms with Gasteiger partial charge in [-0.3, -0.25) is 4.72 Å². The average molecular weight is 302 g/mol.